The molecule has 0 bridgehead atoms. The van der Waals surface area contributed by atoms with Gasteiger partial charge in [-0.05, 0) is 42.5 Å². The Labute approximate surface area is 227 Å². The molecule has 4 rings (SSSR count). The van der Waals surface area contributed by atoms with E-state index in [0.29, 0.717) is 44.8 Å². The second-order valence-corrected chi connectivity index (χ2v) is 10.8. The van der Waals surface area contributed by atoms with Gasteiger partial charge in [0.05, 0.1) is 37.3 Å². The molecule has 2 aromatic heterocycles. The predicted molar refractivity (Wildman–Crippen MR) is 147 cm³/mol. The minimum atomic E-state index is -0.365. The summed E-state index contributed by atoms with van der Waals surface area (Å²) in [6.45, 7) is 5.31. The molecule has 3 atom stereocenters. The highest BCUT2D eigenvalue weighted by Crippen LogP contribution is 2.26. The van der Waals surface area contributed by atoms with Crippen LogP contribution in [0.5, 0.6) is 0 Å². The number of thiophene rings is 1. The third-order valence-electron chi connectivity index (χ3n) is 6.88. The number of anilines is 1. The first kappa shape index (κ1) is 27.7. The van der Waals surface area contributed by atoms with Crippen LogP contribution in [0.4, 0.5) is 10.5 Å². The van der Waals surface area contributed by atoms with Gasteiger partial charge in [-0.15, -0.1) is 16.4 Å². The second-order valence-electron chi connectivity index (χ2n) is 9.82. The van der Waals surface area contributed by atoms with Gasteiger partial charge in [-0.25, -0.2) is 9.48 Å². The van der Waals surface area contributed by atoms with Crippen molar-refractivity contribution in [1.82, 2.24) is 24.8 Å². The Hall–Kier alpha value is -3.28. The summed E-state index contributed by atoms with van der Waals surface area (Å²) < 4.78 is 8.07. The number of likely N-dealkylation sites (N-methyl/N-ethyl adjacent to an activating group) is 1. The standard InChI is InChI=1S/C27H36N6O4S/c1-19-15-32(20(2)17-34)26(35)7-4-12-33-23(14-28-30-33)18-37-24(19)16-31(3)27(36)29-22-10-8-21(9-11-22)25-6-5-13-38-25/h5-6,8-11,13-14,19-20,24,34H,4,7,12,15-18H2,1-3H3,(H,29,36)/t19-,20-,24-/m1/s1. The number of fused-ring (bicyclic) bond motifs is 1. The van der Waals surface area contributed by atoms with Crippen LogP contribution >= 0.6 is 11.3 Å². The van der Waals surface area contributed by atoms with Crippen LogP contribution < -0.4 is 5.32 Å². The zero-order valence-corrected chi connectivity index (χ0v) is 22.9. The van der Waals surface area contributed by atoms with Gasteiger partial charge in [-0.1, -0.05) is 30.3 Å². The number of carbonyl (C=O) groups excluding carboxylic acids is 2. The maximum absolute atomic E-state index is 13.1. The van der Waals surface area contributed by atoms with E-state index in [2.05, 4.69) is 21.7 Å². The van der Waals surface area contributed by atoms with Crippen molar-refractivity contribution < 1.29 is 19.4 Å². The molecule has 0 aliphatic carbocycles. The summed E-state index contributed by atoms with van der Waals surface area (Å²) in [7, 11) is 1.73. The summed E-state index contributed by atoms with van der Waals surface area (Å²) in [5.74, 6) is -0.117. The van der Waals surface area contributed by atoms with Crippen molar-refractivity contribution in [3.63, 3.8) is 0 Å². The molecular weight excluding hydrogens is 504 g/mol. The number of carbonyl (C=O) groups is 2. The Morgan fingerprint density at radius 3 is 2.82 bits per heavy atom. The van der Waals surface area contributed by atoms with Gasteiger partial charge in [0.2, 0.25) is 5.91 Å². The summed E-state index contributed by atoms with van der Waals surface area (Å²) in [6, 6.07) is 11.3. The smallest absolute Gasteiger partial charge is 0.321 e. The van der Waals surface area contributed by atoms with Crippen LogP contribution in [0.2, 0.25) is 0 Å². The lowest BCUT2D eigenvalue weighted by Gasteiger charge is -2.35. The van der Waals surface area contributed by atoms with Crippen molar-refractivity contribution in [3.8, 4) is 10.4 Å². The fourth-order valence-electron chi connectivity index (χ4n) is 4.48. The van der Waals surface area contributed by atoms with Gasteiger partial charge >= 0.3 is 6.03 Å². The Morgan fingerprint density at radius 1 is 1.32 bits per heavy atom. The molecule has 0 saturated heterocycles. The van der Waals surface area contributed by atoms with Gasteiger partial charge in [0.25, 0.3) is 0 Å². The number of aliphatic hydroxyl groups is 1. The van der Waals surface area contributed by atoms with E-state index in [1.165, 1.54) is 4.88 Å². The Balaban J connectivity index is 1.45. The maximum Gasteiger partial charge on any atom is 0.321 e. The van der Waals surface area contributed by atoms with Crippen molar-refractivity contribution in [2.24, 2.45) is 5.92 Å². The first-order valence-electron chi connectivity index (χ1n) is 12.9. The van der Waals surface area contributed by atoms with Crippen LogP contribution in [0.1, 0.15) is 32.4 Å². The van der Waals surface area contributed by atoms with Crippen LogP contribution in [0.25, 0.3) is 10.4 Å². The molecular formula is C27H36N6O4S. The van der Waals surface area contributed by atoms with Gasteiger partial charge in [-0.2, -0.15) is 0 Å². The highest BCUT2D eigenvalue weighted by atomic mass is 32.1. The molecule has 2 N–H and O–H groups in total. The molecule has 1 aliphatic heterocycles. The van der Waals surface area contributed by atoms with Crippen LogP contribution in [-0.2, 0) is 22.7 Å². The lowest BCUT2D eigenvalue weighted by molar-refractivity contribution is -0.136. The molecule has 0 radical (unpaired) electrons. The number of aliphatic hydroxyl groups excluding tert-OH is 1. The second kappa shape index (κ2) is 13.0. The van der Waals surface area contributed by atoms with E-state index in [9.17, 15) is 14.7 Å². The monoisotopic (exact) mass is 540 g/mol. The minimum absolute atomic E-state index is 0.0171. The van der Waals surface area contributed by atoms with Gasteiger partial charge in [-0.3, -0.25) is 4.79 Å². The maximum atomic E-state index is 13.1. The normalized spacial score (nSPS) is 19.7. The summed E-state index contributed by atoms with van der Waals surface area (Å²) in [5, 5.41) is 22.9. The molecule has 38 heavy (non-hydrogen) atoms. The van der Waals surface area contributed by atoms with E-state index in [1.54, 1.807) is 39.1 Å². The number of hydrogen-bond donors (Lipinski definition) is 2. The highest BCUT2D eigenvalue weighted by Gasteiger charge is 2.29. The Morgan fingerprint density at radius 2 is 2.11 bits per heavy atom. The molecule has 0 unspecified atom stereocenters. The van der Waals surface area contributed by atoms with Crippen molar-refractivity contribution in [2.45, 2.75) is 52.0 Å². The van der Waals surface area contributed by atoms with Crippen molar-refractivity contribution in [1.29, 1.82) is 0 Å². The SMILES string of the molecule is C[C@@H]1CN([C@H](C)CO)C(=O)CCCn2nncc2CO[C@@H]1CN(C)C(=O)Nc1ccc(-c2cccs2)cc1. The third kappa shape index (κ3) is 6.97. The first-order chi connectivity index (χ1) is 18.4. The highest BCUT2D eigenvalue weighted by molar-refractivity contribution is 7.13. The van der Waals surface area contributed by atoms with E-state index in [-0.39, 0.29) is 36.6 Å². The topological polar surface area (TPSA) is 113 Å². The van der Waals surface area contributed by atoms with E-state index < -0.39 is 0 Å². The number of ether oxygens (including phenoxy) is 1. The van der Waals surface area contributed by atoms with Gasteiger partial charge in [0.1, 0.15) is 0 Å². The summed E-state index contributed by atoms with van der Waals surface area (Å²) in [5.41, 5.74) is 2.64. The summed E-state index contributed by atoms with van der Waals surface area (Å²) in [6.07, 6.45) is 2.29. The molecule has 3 heterocycles. The zero-order valence-electron chi connectivity index (χ0n) is 22.1. The Bertz CT molecular complexity index is 1180. The van der Waals surface area contributed by atoms with E-state index >= 15 is 0 Å². The number of nitrogens with one attached hydrogen (secondary N) is 1. The van der Waals surface area contributed by atoms with Crippen LogP contribution in [0.3, 0.4) is 0 Å². The van der Waals surface area contributed by atoms with E-state index in [4.69, 9.17) is 4.74 Å². The van der Waals surface area contributed by atoms with E-state index in [1.807, 2.05) is 49.6 Å². The number of urea groups is 1. The average Bonchev–Trinajstić information content (AvgIpc) is 3.61. The number of amides is 3. The number of benzene rings is 1. The zero-order chi connectivity index (χ0) is 27.1. The fraction of sp³-hybridized carbons (Fsp3) is 0.481. The molecule has 3 aromatic rings. The van der Waals surface area contributed by atoms with Gasteiger partial charge < -0.3 is 25.0 Å². The van der Waals surface area contributed by atoms with Crippen LogP contribution in [0, 0.1) is 5.92 Å². The quantitative estimate of drug-likeness (QED) is 0.493. The molecule has 0 fully saturated rings. The minimum Gasteiger partial charge on any atom is -0.394 e. The number of aryl methyl sites for hydroxylation is 1. The fourth-order valence-corrected chi connectivity index (χ4v) is 5.21. The van der Waals surface area contributed by atoms with Crippen molar-refractivity contribution in [2.75, 3.05) is 32.1 Å². The molecule has 3 amide bonds. The number of rotatable bonds is 6. The third-order valence-corrected chi connectivity index (χ3v) is 7.80. The molecule has 1 aromatic carbocycles. The summed E-state index contributed by atoms with van der Waals surface area (Å²) >= 11 is 1.67. The lowest BCUT2D eigenvalue weighted by atomic mass is 10.0. The molecule has 0 spiro atoms. The largest absolute Gasteiger partial charge is 0.394 e. The lowest BCUT2D eigenvalue weighted by Crippen LogP contribution is -2.48. The summed E-state index contributed by atoms with van der Waals surface area (Å²) in [4.78, 5) is 30.6. The molecule has 204 valence electrons. The van der Waals surface area contributed by atoms with Crippen molar-refractivity contribution in [3.05, 3.63) is 53.7 Å². The molecule has 10 nitrogen and oxygen atoms in total. The average molecular weight is 541 g/mol. The van der Waals surface area contributed by atoms with Gasteiger partial charge in [0, 0.05) is 49.6 Å². The van der Waals surface area contributed by atoms with Crippen molar-refractivity contribution >= 4 is 29.0 Å². The van der Waals surface area contributed by atoms with Gasteiger partial charge in [0.15, 0.2) is 0 Å². The molecule has 11 heteroatoms. The number of aromatic nitrogens is 3. The predicted octanol–water partition coefficient (Wildman–Crippen LogP) is 3.70. The van der Waals surface area contributed by atoms with Crippen LogP contribution in [0.15, 0.2) is 48.0 Å². The van der Waals surface area contributed by atoms with Crippen LogP contribution in [-0.4, -0.2) is 80.7 Å². The molecule has 0 saturated carbocycles. The Kier molecular flexibility index (Phi) is 9.48. The number of hydrogen-bond acceptors (Lipinski definition) is 7. The first-order valence-corrected chi connectivity index (χ1v) is 13.8. The van der Waals surface area contributed by atoms with E-state index in [0.717, 1.165) is 11.3 Å². The molecule has 1 aliphatic rings. The number of nitrogens with zero attached hydrogens (tertiary/aromatic N) is 5.